The maximum Gasteiger partial charge on any atom is 0.282 e. The van der Waals surface area contributed by atoms with Crippen LogP contribution >= 0.6 is 11.6 Å². The van der Waals surface area contributed by atoms with E-state index in [1.54, 1.807) is 12.1 Å². The Morgan fingerprint density at radius 1 is 1.26 bits per heavy atom. The van der Waals surface area contributed by atoms with Crippen LogP contribution in [0.25, 0.3) is 0 Å². The summed E-state index contributed by atoms with van der Waals surface area (Å²) in [5.41, 5.74) is 7.90. The summed E-state index contributed by atoms with van der Waals surface area (Å²) in [6, 6.07) is 12.8. The zero-order chi connectivity index (χ0) is 16.2. The zero-order valence-corrected chi connectivity index (χ0v) is 13.2. The Morgan fingerprint density at radius 2 is 2.04 bits per heavy atom. The normalized spacial score (nSPS) is 16.8. The molecule has 2 aromatic carbocycles. The van der Waals surface area contributed by atoms with Crippen molar-refractivity contribution in [2.24, 2.45) is 10.7 Å². The molecule has 1 aliphatic heterocycles. The Balaban J connectivity index is 1.58. The Bertz CT molecular complexity index is 718. The molecule has 120 valence electrons. The van der Waals surface area contributed by atoms with Crippen LogP contribution in [0.15, 0.2) is 47.5 Å². The van der Waals surface area contributed by atoms with Crippen LogP contribution in [0.5, 0.6) is 0 Å². The van der Waals surface area contributed by atoms with Crippen LogP contribution in [-0.2, 0) is 11.2 Å². The topological polar surface area (TPSA) is 59.6 Å². The first kappa shape index (κ1) is 15.6. The second kappa shape index (κ2) is 6.87. The maximum atomic E-state index is 13.8. The number of rotatable bonds is 5. The van der Waals surface area contributed by atoms with Gasteiger partial charge in [-0.3, -0.25) is 0 Å². The molecule has 3 N–H and O–H groups in total. The molecule has 2 aromatic rings. The number of nitrogens with zero attached hydrogens (tertiary/aromatic N) is 1. The zero-order valence-electron chi connectivity index (χ0n) is 12.4. The predicted octanol–water partition coefficient (Wildman–Crippen LogP) is 3.87. The van der Waals surface area contributed by atoms with E-state index in [1.165, 1.54) is 11.6 Å². The number of hydrogen-bond donors (Lipinski definition) is 2. The number of anilines is 2. The third kappa shape index (κ3) is 4.13. The van der Waals surface area contributed by atoms with Gasteiger partial charge in [0.05, 0.1) is 11.7 Å². The van der Waals surface area contributed by atoms with Gasteiger partial charge in [0.15, 0.2) is 0 Å². The van der Waals surface area contributed by atoms with Gasteiger partial charge in [-0.2, -0.15) is 0 Å². The van der Waals surface area contributed by atoms with Crippen LogP contribution in [-0.4, -0.2) is 18.7 Å². The summed E-state index contributed by atoms with van der Waals surface area (Å²) in [6.45, 7) is 0.557. The second-order valence-electron chi connectivity index (χ2n) is 5.42. The highest BCUT2D eigenvalue weighted by atomic mass is 35.5. The van der Waals surface area contributed by atoms with Gasteiger partial charge in [-0.15, -0.1) is 0 Å². The van der Waals surface area contributed by atoms with E-state index in [-0.39, 0.29) is 17.9 Å². The fourth-order valence-electron chi connectivity index (χ4n) is 2.42. The number of aryl methyl sites for hydroxylation is 1. The average Bonchev–Trinajstić information content (AvgIpc) is 2.95. The highest BCUT2D eigenvalue weighted by Gasteiger charge is 2.16. The summed E-state index contributed by atoms with van der Waals surface area (Å²) in [5, 5.41) is 3.42. The number of ether oxygens (including phenoxy) is 1. The molecular formula is C17H17ClFN3O. The van der Waals surface area contributed by atoms with Crippen molar-refractivity contribution >= 4 is 29.0 Å². The largest absolute Gasteiger partial charge is 0.463 e. The van der Waals surface area contributed by atoms with Crippen molar-refractivity contribution in [3.63, 3.8) is 0 Å². The molecule has 4 nitrogen and oxygen atoms in total. The predicted molar refractivity (Wildman–Crippen MR) is 90.8 cm³/mol. The van der Waals surface area contributed by atoms with Gasteiger partial charge in [0.2, 0.25) is 0 Å². The highest BCUT2D eigenvalue weighted by molar-refractivity contribution is 6.30. The van der Waals surface area contributed by atoms with Crippen molar-refractivity contribution in [2.45, 2.75) is 18.9 Å². The highest BCUT2D eigenvalue weighted by Crippen LogP contribution is 2.23. The number of hydrogen-bond acceptors (Lipinski definition) is 4. The first-order valence-electron chi connectivity index (χ1n) is 7.37. The van der Waals surface area contributed by atoms with Gasteiger partial charge in [0.1, 0.15) is 12.4 Å². The summed E-state index contributed by atoms with van der Waals surface area (Å²) in [4.78, 5) is 4.20. The molecular weight excluding hydrogens is 317 g/mol. The summed E-state index contributed by atoms with van der Waals surface area (Å²) < 4.78 is 18.9. The summed E-state index contributed by atoms with van der Waals surface area (Å²) in [6.07, 6.45) is 1.78. The summed E-state index contributed by atoms with van der Waals surface area (Å²) in [7, 11) is 0. The van der Waals surface area contributed by atoms with E-state index in [0.29, 0.717) is 17.3 Å². The first-order valence-corrected chi connectivity index (χ1v) is 7.75. The Morgan fingerprint density at radius 3 is 2.70 bits per heavy atom. The molecule has 1 atom stereocenters. The van der Waals surface area contributed by atoms with E-state index in [1.807, 2.05) is 24.3 Å². The minimum absolute atomic E-state index is 0.135. The van der Waals surface area contributed by atoms with Gasteiger partial charge in [0.25, 0.3) is 6.02 Å². The molecule has 23 heavy (non-hydrogen) atoms. The van der Waals surface area contributed by atoms with Gasteiger partial charge in [0, 0.05) is 10.7 Å². The van der Waals surface area contributed by atoms with Crippen LogP contribution < -0.4 is 11.1 Å². The molecule has 0 radical (unpaired) electrons. The van der Waals surface area contributed by atoms with Crippen molar-refractivity contribution in [3.05, 3.63) is 58.9 Å². The van der Waals surface area contributed by atoms with Crippen LogP contribution in [0.1, 0.15) is 12.0 Å². The van der Waals surface area contributed by atoms with E-state index in [9.17, 15) is 4.39 Å². The number of aliphatic imine (C=N–C) groups is 1. The fourth-order valence-corrected chi connectivity index (χ4v) is 2.58. The van der Waals surface area contributed by atoms with E-state index in [0.717, 1.165) is 18.5 Å². The number of benzene rings is 2. The smallest absolute Gasteiger partial charge is 0.282 e. The lowest BCUT2D eigenvalue weighted by Crippen LogP contribution is -2.10. The summed E-state index contributed by atoms with van der Waals surface area (Å²) >= 11 is 5.74. The van der Waals surface area contributed by atoms with Crippen molar-refractivity contribution in [1.82, 2.24) is 0 Å². The van der Waals surface area contributed by atoms with Gasteiger partial charge in [-0.05, 0) is 48.7 Å². The monoisotopic (exact) mass is 333 g/mol. The molecule has 0 saturated carbocycles. The van der Waals surface area contributed by atoms with Crippen molar-refractivity contribution in [3.8, 4) is 0 Å². The summed E-state index contributed by atoms with van der Waals surface area (Å²) in [5.74, 6) is -0.377. The molecule has 0 aliphatic carbocycles. The molecule has 0 aromatic heterocycles. The first-order chi connectivity index (χ1) is 11.1. The van der Waals surface area contributed by atoms with Crippen LogP contribution in [0, 0.1) is 5.82 Å². The second-order valence-corrected chi connectivity index (χ2v) is 5.85. The van der Waals surface area contributed by atoms with Crippen molar-refractivity contribution in [2.75, 3.05) is 11.9 Å². The molecule has 1 heterocycles. The molecule has 0 amide bonds. The molecule has 0 fully saturated rings. The van der Waals surface area contributed by atoms with E-state index < -0.39 is 0 Å². The van der Waals surface area contributed by atoms with Gasteiger partial charge >= 0.3 is 0 Å². The minimum Gasteiger partial charge on any atom is -0.463 e. The van der Waals surface area contributed by atoms with E-state index in [4.69, 9.17) is 22.1 Å². The number of amidine groups is 1. The molecule has 1 aliphatic rings. The van der Waals surface area contributed by atoms with Crippen molar-refractivity contribution < 1.29 is 9.13 Å². The Kier molecular flexibility index (Phi) is 4.67. The number of nitrogens with two attached hydrogens (primary N) is 1. The van der Waals surface area contributed by atoms with E-state index >= 15 is 0 Å². The van der Waals surface area contributed by atoms with Gasteiger partial charge < -0.3 is 15.8 Å². The third-order valence-corrected chi connectivity index (χ3v) is 3.90. The number of nitrogens with one attached hydrogen (secondary N) is 1. The molecule has 0 bridgehead atoms. The Hall–Kier alpha value is -2.27. The van der Waals surface area contributed by atoms with Gasteiger partial charge in [-0.25, -0.2) is 9.38 Å². The maximum absolute atomic E-state index is 13.8. The van der Waals surface area contributed by atoms with Gasteiger partial charge in [-0.1, -0.05) is 23.7 Å². The number of halogens is 2. The molecule has 0 saturated heterocycles. The lowest BCUT2D eigenvalue weighted by Gasteiger charge is -2.09. The molecule has 6 heteroatoms. The van der Waals surface area contributed by atoms with Crippen LogP contribution in [0.4, 0.5) is 15.8 Å². The minimum atomic E-state index is -0.377. The quantitative estimate of drug-likeness (QED) is 0.873. The molecule has 0 spiro atoms. The lowest BCUT2D eigenvalue weighted by molar-refractivity contribution is 0.308. The van der Waals surface area contributed by atoms with Crippen LogP contribution in [0.2, 0.25) is 5.02 Å². The van der Waals surface area contributed by atoms with E-state index in [2.05, 4.69) is 10.3 Å². The standard InChI is InChI=1S/C17H17ClFN3O/c18-12-4-8-16(15(19)9-12)21-13-5-1-11(2-6-13)3-7-14-10-23-17(20)22-14/h1-2,4-6,8-9,14,21H,3,7,10H2,(H2,20,22). The van der Waals surface area contributed by atoms with Crippen molar-refractivity contribution in [1.29, 1.82) is 0 Å². The SMILES string of the molecule is NC1=NC(CCc2ccc(Nc3ccc(Cl)cc3F)cc2)CO1. The van der Waals surface area contributed by atoms with Crippen LogP contribution in [0.3, 0.4) is 0 Å². The molecule has 3 rings (SSSR count). The average molecular weight is 334 g/mol. The lowest BCUT2D eigenvalue weighted by atomic mass is 10.1. The Labute approximate surface area is 139 Å². The molecule has 1 unspecified atom stereocenters. The fraction of sp³-hybridized carbons (Fsp3) is 0.235. The third-order valence-electron chi connectivity index (χ3n) is 3.66.